The van der Waals surface area contributed by atoms with E-state index < -0.39 is 0 Å². The van der Waals surface area contributed by atoms with E-state index in [2.05, 4.69) is 15.5 Å². The number of hydrogen-bond acceptors (Lipinski definition) is 10. The van der Waals surface area contributed by atoms with Gasteiger partial charge in [-0.25, -0.2) is 5.01 Å². The van der Waals surface area contributed by atoms with Crippen molar-refractivity contribution in [1.29, 1.82) is 0 Å². The molecule has 2 aromatic heterocycles. The van der Waals surface area contributed by atoms with Gasteiger partial charge in [-0.15, -0.1) is 21.5 Å². The number of hydrogen-bond donors (Lipinski definition) is 1. The van der Waals surface area contributed by atoms with Crippen molar-refractivity contribution in [3.05, 3.63) is 81.8 Å². The summed E-state index contributed by atoms with van der Waals surface area (Å²) < 4.78 is 18.2. The number of nitrogens with one attached hydrogen (secondary N) is 1. The highest BCUT2D eigenvalue weighted by molar-refractivity contribution is 7.99. The van der Waals surface area contributed by atoms with Crippen molar-refractivity contribution in [2.45, 2.75) is 24.2 Å². The summed E-state index contributed by atoms with van der Waals surface area (Å²) in [7, 11) is 6.49. The van der Waals surface area contributed by atoms with Gasteiger partial charge in [0.1, 0.15) is 5.75 Å². The van der Waals surface area contributed by atoms with Gasteiger partial charge in [-0.3, -0.25) is 9.59 Å². The SMILES string of the molecule is COc1ccccc1C(=O)NCc1nnc(SCC(=O)N2N=C(c3cccs3)C[C@H]2c2cccc(OC)c2OC)n1C. The number of benzene rings is 2. The molecule has 1 atom stereocenters. The summed E-state index contributed by atoms with van der Waals surface area (Å²) in [5, 5.41) is 20.1. The average Bonchev–Trinajstić information content (AvgIpc) is 3.79. The van der Waals surface area contributed by atoms with Gasteiger partial charge in [-0.05, 0) is 29.6 Å². The third-order valence-corrected chi connectivity index (χ3v) is 8.70. The largest absolute Gasteiger partial charge is 0.496 e. The first-order chi connectivity index (χ1) is 20.4. The number of carbonyl (C=O) groups is 2. The summed E-state index contributed by atoms with van der Waals surface area (Å²) in [5.74, 6) is 1.81. The van der Waals surface area contributed by atoms with Crippen LogP contribution in [0.15, 0.2) is 70.2 Å². The fourth-order valence-electron chi connectivity index (χ4n) is 4.65. The lowest BCUT2D eigenvalue weighted by Crippen LogP contribution is -2.29. The zero-order chi connectivity index (χ0) is 29.6. The summed E-state index contributed by atoms with van der Waals surface area (Å²) in [6.07, 6.45) is 0.542. The third-order valence-electron chi connectivity index (χ3n) is 6.77. The predicted molar refractivity (Wildman–Crippen MR) is 160 cm³/mol. The van der Waals surface area contributed by atoms with Crippen LogP contribution in [0.25, 0.3) is 0 Å². The molecule has 1 aliphatic heterocycles. The number of aromatic nitrogens is 3. The maximum Gasteiger partial charge on any atom is 0.255 e. The molecule has 0 saturated heterocycles. The van der Waals surface area contributed by atoms with Gasteiger partial charge >= 0.3 is 0 Å². The monoisotopic (exact) mass is 606 g/mol. The van der Waals surface area contributed by atoms with Crippen LogP contribution in [-0.4, -0.2) is 64.4 Å². The number of para-hydroxylation sites is 2. The minimum atomic E-state index is -0.361. The smallest absolute Gasteiger partial charge is 0.255 e. The van der Waals surface area contributed by atoms with E-state index >= 15 is 0 Å². The summed E-state index contributed by atoms with van der Waals surface area (Å²) >= 11 is 2.84. The number of carbonyl (C=O) groups excluding carboxylic acids is 2. The molecule has 13 heteroatoms. The summed E-state index contributed by atoms with van der Waals surface area (Å²) in [4.78, 5) is 27.3. The first-order valence-corrected chi connectivity index (χ1v) is 14.9. The van der Waals surface area contributed by atoms with Gasteiger partial charge in [0.25, 0.3) is 11.8 Å². The highest BCUT2D eigenvalue weighted by atomic mass is 32.2. The van der Waals surface area contributed by atoms with E-state index in [1.807, 2.05) is 35.7 Å². The van der Waals surface area contributed by atoms with Crippen molar-refractivity contribution in [3.63, 3.8) is 0 Å². The fourth-order valence-corrected chi connectivity index (χ4v) is 6.16. The number of hydrazone groups is 1. The highest BCUT2D eigenvalue weighted by Crippen LogP contribution is 2.42. The average molecular weight is 607 g/mol. The lowest BCUT2D eigenvalue weighted by atomic mass is 9.99. The normalized spacial score (nSPS) is 14.4. The fraction of sp³-hybridized carbons (Fsp3) is 0.276. The van der Waals surface area contributed by atoms with Gasteiger partial charge in [-0.2, -0.15) is 5.10 Å². The Morgan fingerprint density at radius 3 is 2.52 bits per heavy atom. The van der Waals surface area contributed by atoms with Crippen LogP contribution >= 0.6 is 23.1 Å². The standard InChI is InChI=1S/C29H30N6O5S2/c1-34-25(16-30-28(37)19-9-5-6-11-22(19)38-2)31-32-29(34)42-17-26(36)35-21(15-20(33-35)24-13-8-14-41-24)18-10-7-12-23(39-3)27(18)40-4/h5-14,21H,15-17H2,1-4H3,(H,30,37)/t21-/m0/s1. The molecule has 0 saturated carbocycles. The molecule has 0 unspecified atom stereocenters. The molecule has 1 aliphatic rings. The van der Waals surface area contributed by atoms with Crippen LogP contribution in [0.2, 0.25) is 0 Å². The van der Waals surface area contributed by atoms with Crippen LogP contribution in [0, 0.1) is 0 Å². The Hall–Kier alpha value is -4.36. The number of ether oxygens (including phenoxy) is 3. The number of thiophene rings is 1. The molecular weight excluding hydrogens is 576 g/mol. The number of rotatable bonds is 11. The molecule has 0 fully saturated rings. The molecule has 218 valence electrons. The minimum absolute atomic E-state index is 0.0869. The van der Waals surface area contributed by atoms with Gasteiger partial charge in [0.05, 0.1) is 55.8 Å². The van der Waals surface area contributed by atoms with Crippen molar-refractivity contribution < 1.29 is 23.8 Å². The number of amides is 2. The second-order valence-electron chi connectivity index (χ2n) is 9.19. The topological polar surface area (TPSA) is 120 Å². The predicted octanol–water partition coefficient (Wildman–Crippen LogP) is 4.30. The van der Waals surface area contributed by atoms with Crippen LogP contribution < -0.4 is 19.5 Å². The van der Waals surface area contributed by atoms with Gasteiger partial charge in [-0.1, -0.05) is 42.1 Å². The lowest BCUT2D eigenvalue weighted by molar-refractivity contribution is -0.130. The molecular formula is C29H30N6O5S2. The van der Waals surface area contributed by atoms with Crippen LogP contribution in [0.5, 0.6) is 17.2 Å². The zero-order valence-electron chi connectivity index (χ0n) is 23.6. The number of methoxy groups -OCH3 is 3. The van der Waals surface area contributed by atoms with E-state index in [0.29, 0.717) is 40.2 Å². The second kappa shape index (κ2) is 13.1. The molecule has 3 heterocycles. The molecule has 0 bridgehead atoms. The van der Waals surface area contributed by atoms with Gasteiger partial charge in [0, 0.05) is 19.0 Å². The Morgan fingerprint density at radius 2 is 1.79 bits per heavy atom. The van der Waals surface area contributed by atoms with Crippen molar-refractivity contribution in [2.24, 2.45) is 12.1 Å². The second-order valence-corrected chi connectivity index (χ2v) is 11.1. The molecule has 0 spiro atoms. The first-order valence-electron chi connectivity index (χ1n) is 13.0. The van der Waals surface area contributed by atoms with Crippen molar-refractivity contribution in [1.82, 2.24) is 25.1 Å². The molecule has 2 aromatic carbocycles. The molecule has 5 rings (SSSR count). The third kappa shape index (κ3) is 5.97. The summed E-state index contributed by atoms with van der Waals surface area (Å²) in [5.41, 5.74) is 2.08. The van der Waals surface area contributed by atoms with E-state index in [1.54, 1.807) is 61.4 Å². The number of thioether (sulfide) groups is 1. The number of nitrogens with zero attached hydrogens (tertiary/aromatic N) is 5. The molecule has 1 N–H and O–H groups in total. The molecule has 0 radical (unpaired) electrons. The van der Waals surface area contributed by atoms with E-state index in [0.717, 1.165) is 16.2 Å². The van der Waals surface area contributed by atoms with Gasteiger partial charge in [0.2, 0.25) is 0 Å². The van der Waals surface area contributed by atoms with Crippen LogP contribution in [0.4, 0.5) is 0 Å². The zero-order valence-corrected chi connectivity index (χ0v) is 25.2. The van der Waals surface area contributed by atoms with Crippen LogP contribution in [0.1, 0.15) is 39.1 Å². The maximum atomic E-state index is 13.6. The quantitative estimate of drug-likeness (QED) is 0.251. The molecule has 2 amide bonds. The Labute approximate surface area is 251 Å². The van der Waals surface area contributed by atoms with Crippen molar-refractivity contribution in [2.75, 3.05) is 27.1 Å². The van der Waals surface area contributed by atoms with Gasteiger partial charge in [0.15, 0.2) is 22.5 Å². The van der Waals surface area contributed by atoms with E-state index in [9.17, 15) is 9.59 Å². The molecule has 4 aromatic rings. The lowest BCUT2D eigenvalue weighted by Gasteiger charge is -2.24. The van der Waals surface area contributed by atoms with E-state index in [1.165, 1.54) is 23.9 Å². The molecule has 42 heavy (non-hydrogen) atoms. The Morgan fingerprint density at radius 1 is 1.00 bits per heavy atom. The van der Waals surface area contributed by atoms with Crippen LogP contribution in [-0.2, 0) is 18.4 Å². The molecule has 11 nitrogen and oxygen atoms in total. The Kier molecular flexibility index (Phi) is 9.08. The van der Waals surface area contributed by atoms with Crippen molar-refractivity contribution >= 4 is 40.6 Å². The van der Waals surface area contributed by atoms with E-state index in [-0.39, 0.29) is 30.2 Å². The Balaban J connectivity index is 1.29. The molecule has 0 aliphatic carbocycles. The summed E-state index contributed by atoms with van der Waals surface area (Å²) in [6, 6.07) is 16.2. The first kappa shape index (κ1) is 29.1. The van der Waals surface area contributed by atoms with Gasteiger partial charge < -0.3 is 24.1 Å². The minimum Gasteiger partial charge on any atom is -0.496 e. The highest BCUT2D eigenvalue weighted by Gasteiger charge is 2.36. The van der Waals surface area contributed by atoms with E-state index in [4.69, 9.17) is 19.3 Å². The maximum absolute atomic E-state index is 13.6. The summed E-state index contributed by atoms with van der Waals surface area (Å²) in [6.45, 7) is 0.160. The van der Waals surface area contributed by atoms with Crippen molar-refractivity contribution in [3.8, 4) is 17.2 Å². The van der Waals surface area contributed by atoms with Crippen LogP contribution in [0.3, 0.4) is 0 Å². The Bertz CT molecular complexity index is 1600.